The van der Waals surface area contributed by atoms with Crippen LogP contribution in [0.1, 0.15) is 42.5 Å². The van der Waals surface area contributed by atoms with E-state index in [0.717, 1.165) is 40.2 Å². The summed E-state index contributed by atoms with van der Waals surface area (Å²) in [6, 6.07) is 9.58. The third-order valence-corrected chi connectivity index (χ3v) is 4.74. The maximum Gasteiger partial charge on any atom is 0.303 e. The standard InChI is InChI=1S/C21H23ClO4/c1-13-8-18(6-4-14(13)5-7-19(23)24)25-12-16-10-17(22)9-15-11-21(2,3)26-20(15)16/h4,6,8-10H,5,7,11-12H2,1-3H3,(H,23,24). The molecular formula is C21H23ClO4. The van der Waals surface area contributed by atoms with Crippen molar-refractivity contribution in [3.63, 3.8) is 0 Å². The number of carboxylic acid groups (broad SMARTS) is 1. The summed E-state index contributed by atoms with van der Waals surface area (Å²) in [5.41, 5.74) is 3.86. The number of fused-ring (bicyclic) bond motifs is 1. The van der Waals surface area contributed by atoms with E-state index in [9.17, 15) is 4.79 Å². The van der Waals surface area contributed by atoms with Crippen molar-refractivity contribution in [3.05, 3.63) is 57.6 Å². The van der Waals surface area contributed by atoms with Crippen molar-refractivity contribution in [2.24, 2.45) is 0 Å². The second-order valence-corrected chi connectivity index (χ2v) is 7.80. The van der Waals surface area contributed by atoms with Crippen molar-refractivity contribution in [3.8, 4) is 11.5 Å². The second-order valence-electron chi connectivity index (χ2n) is 7.36. The highest BCUT2D eigenvalue weighted by atomic mass is 35.5. The number of carbonyl (C=O) groups is 1. The van der Waals surface area contributed by atoms with Crippen LogP contribution in [0.3, 0.4) is 0 Å². The van der Waals surface area contributed by atoms with Crippen molar-refractivity contribution in [2.45, 2.75) is 52.2 Å². The summed E-state index contributed by atoms with van der Waals surface area (Å²) in [6.45, 7) is 6.45. The maximum absolute atomic E-state index is 10.7. The molecule has 0 fully saturated rings. The molecule has 0 spiro atoms. The molecule has 0 radical (unpaired) electrons. The molecule has 0 saturated carbocycles. The molecule has 0 unspecified atom stereocenters. The Morgan fingerprint density at radius 3 is 2.73 bits per heavy atom. The molecule has 1 aliphatic rings. The van der Waals surface area contributed by atoms with Gasteiger partial charge < -0.3 is 14.6 Å². The van der Waals surface area contributed by atoms with E-state index in [2.05, 4.69) is 13.8 Å². The summed E-state index contributed by atoms with van der Waals surface area (Å²) in [5.74, 6) is 0.823. The minimum Gasteiger partial charge on any atom is -0.489 e. The Morgan fingerprint density at radius 1 is 1.27 bits per heavy atom. The van der Waals surface area contributed by atoms with E-state index in [1.165, 1.54) is 0 Å². The third-order valence-electron chi connectivity index (χ3n) is 4.52. The predicted octanol–water partition coefficient (Wildman–Crippen LogP) is 4.96. The zero-order chi connectivity index (χ0) is 18.9. The molecule has 5 heteroatoms. The van der Waals surface area contributed by atoms with Crippen LogP contribution in [-0.4, -0.2) is 16.7 Å². The van der Waals surface area contributed by atoms with Gasteiger partial charge in [-0.3, -0.25) is 4.79 Å². The Bertz CT molecular complexity index is 842. The molecule has 0 atom stereocenters. The minimum absolute atomic E-state index is 0.128. The molecule has 0 aromatic heterocycles. The second kappa shape index (κ2) is 7.20. The van der Waals surface area contributed by atoms with E-state index < -0.39 is 5.97 Å². The van der Waals surface area contributed by atoms with E-state index in [4.69, 9.17) is 26.2 Å². The molecule has 0 saturated heterocycles. The summed E-state index contributed by atoms with van der Waals surface area (Å²) in [4.78, 5) is 10.7. The van der Waals surface area contributed by atoms with E-state index in [-0.39, 0.29) is 12.0 Å². The number of carboxylic acids is 1. The number of rotatable bonds is 6. The normalized spacial score (nSPS) is 14.6. The number of aryl methyl sites for hydroxylation is 2. The van der Waals surface area contributed by atoms with Gasteiger partial charge in [-0.1, -0.05) is 17.7 Å². The lowest BCUT2D eigenvalue weighted by Crippen LogP contribution is -2.25. The Kier molecular flexibility index (Phi) is 5.15. The number of benzene rings is 2. The largest absolute Gasteiger partial charge is 0.489 e. The van der Waals surface area contributed by atoms with Crippen LogP contribution in [0.25, 0.3) is 0 Å². The molecule has 138 valence electrons. The van der Waals surface area contributed by atoms with E-state index in [1.807, 2.05) is 37.3 Å². The van der Waals surface area contributed by atoms with Crippen LogP contribution < -0.4 is 9.47 Å². The van der Waals surface area contributed by atoms with Gasteiger partial charge in [0.25, 0.3) is 0 Å². The number of hydrogen-bond acceptors (Lipinski definition) is 3. The Labute approximate surface area is 158 Å². The molecular weight excluding hydrogens is 352 g/mol. The Balaban J connectivity index is 1.72. The highest BCUT2D eigenvalue weighted by Gasteiger charge is 2.32. The number of halogens is 1. The Morgan fingerprint density at radius 2 is 2.04 bits per heavy atom. The van der Waals surface area contributed by atoms with Crippen LogP contribution in [0, 0.1) is 6.92 Å². The first-order valence-electron chi connectivity index (χ1n) is 8.68. The zero-order valence-corrected chi connectivity index (χ0v) is 16.0. The molecule has 0 amide bonds. The van der Waals surface area contributed by atoms with Gasteiger partial charge in [0.05, 0.1) is 0 Å². The average Bonchev–Trinajstić information content (AvgIpc) is 2.85. The molecule has 1 heterocycles. The topological polar surface area (TPSA) is 55.8 Å². The van der Waals surface area contributed by atoms with Gasteiger partial charge in [0, 0.05) is 23.4 Å². The lowest BCUT2D eigenvalue weighted by atomic mass is 10.0. The van der Waals surface area contributed by atoms with Crippen LogP contribution in [0.15, 0.2) is 30.3 Å². The van der Waals surface area contributed by atoms with Gasteiger partial charge in [0.1, 0.15) is 23.7 Å². The van der Waals surface area contributed by atoms with Crippen molar-refractivity contribution >= 4 is 17.6 Å². The predicted molar refractivity (Wildman–Crippen MR) is 101 cm³/mol. The fraction of sp³-hybridized carbons (Fsp3) is 0.381. The molecule has 0 bridgehead atoms. The van der Waals surface area contributed by atoms with Crippen LogP contribution >= 0.6 is 11.6 Å². The molecule has 1 N–H and O–H groups in total. The third kappa shape index (κ3) is 4.31. The molecule has 2 aromatic carbocycles. The highest BCUT2D eigenvalue weighted by molar-refractivity contribution is 6.30. The van der Waals surface area contributed by atoms with Gasteiger partial charge in [0.2, 0.25) is 0 Å². The minimum atomic E-state index is -0.789. The molecule has 0 aliphatic carbocycles. The monoisotopic (exact) mass is 374 g/mol. The molecule has 1 aliphatic heterocycles. The van der Waals surface area contributed by atoms with Gasteiger partial charge in [0.15, 0.2) is 0 Å². The van der Waals surface area contributed by atoms with Crippen LogP contribution in [0.2, 0.25) is 5.02 Å². The summed E-state index contributed by atoms with van der Waals surface area (Å²) < 4.78 is 12.0. The summed E-state index contributed by atoms with van der Waals surface area (Å²) >= 11 is 6.25. The van der Waals surface area contributed by atoms with Crippen LogP contribution in [0.5, 0.6) is 11.5 Å². The number of ether oxygens (including phenoxy) is 2. The first kappa shape index (κ1) is 18.6. The zero-order valence-electron chi connectivity index (χ0n) is 15.3. The van der Waals surface area contributed by atoms with Gasteiger partial charge in [-0.2, -0.15) is 0 Å². The van der Waals surface area contributed by atoms with Gasteiger partial charge >= 0.3 is 5.97 Å². The molecule has 26 heavy (non-hydrogen) atoms. The summed E-state index contributed by atoms with van der Waals surface area (Å²) in [5, 5.41) is 9.50. The quantitative estimate of drug-likeness (QED) is 0.776. The number of aliphatic carboxylic acids is 1. The lowest BCUT2D eigenvalue weighted by Gasteiger charge is -2.18. The Hall–Kier alpha value is -2.20. The molecule has 2 aromatic rings. The van der Waals surface area contributed by atoms with Gasteiger partial charge in [-0.15, -0.1) is 0 Å². The van der Waals surface area contributed by atoms with Crippen LogP contribution in [0.4, 0.5) is 0 Å². The van der Waals surface area contributed by atoms with Gasteiger partial charge in [-0.25, -0.2) is 0 Å². The summed E-state index contributed by atoms with van der Waals surface area (Å²) in [6.07, 6.45) is 1.47. The lowest BCUT2D eigenvalue weighted by molar-refractivity contribution is -0.136. The van der Waals surface area contributed by atoms with E-state index in [1.54, 1.807) is 0 Å². The summed E-state index contributed by atoms with van der Waals surface area (Å²) in [7, 11) is 0. The van der Waals surface area contributed by atoms with E-state index >= 15 is 0 Å². The first-order valence-corrected chi connectivity index (χ1v) is 9.06. The van der Waals surface area contributed by atoms with E-state index in [0.29, 0.717) is 18.1 Å². The molecule has 4 nitrogen and oxygen atoms in total. The maximum atomic E-state index is 10.7. The molecule has 3 rings (SSSR count). The van der Waals surface area contributed by atoms with Crippen molar-refractivity contribution < 1.29 is 19.4 Å². The van der Waals surface area contributed by atoms with Gasteiger partial charge in [-0.05, 0) is 68.1 Å². The van der Waals surface area contributed by atoms with Crippen molar-refractivity contribution in [1.29, 1.82) is 0 Å². The first-order chi connectivity index (χ1) is 12.2. The van der Waals surface area contributed by atoms with Crippen LogP contribution in [-0.2, 0) is 24.2 Å². The smallest absolute Gasteiger partial charge is 0.303 e. The fourth-order valence-corrected chi connectivity index (χ4v) is 3.56. The fourth-order valence-electron chi connectivity index (χ4n) is 3.29. The SMILES string of the molecule is Cc1cc(OCc2cc(Cl)cc3c2OC(C)(C)C3)ccc1CCC(=O)O. The van der Waals surface area contributed by atoms with Crippen molar-refractivity contribution in [2.75, 3.05) is 0 Å². The number of hydrogen-bond donors (Lipinski definition) is 1. The average molecular weight is 375 g/mol. The highest BCUT2D eigenvalue weighted by Crippen LogP contribution is 2.40. The van der Waals surface area contributed by atoms with Crippen molar-refractivity contribution in [1.82, 2.24) is 0 Å².